The monoisotopic (exact) mass is 339 g/mol. The van der Waals surface area contributed by atoms with Crippen molar-refractivity contribution < 1.29 is 9.45 Å². The fraction of sp³-hybridized carbons (Fsp3) is 0.429. The van der Waals surface area contributed by atoms with Gasteiger partial charge in [0.2, 0.25) is 11.7 Å². The molecule has 0 bridgehead atoms. The quantitative estimate of drug-likeness (QED) is 0.670. The average molecular weight is 340 g/mol. The molecule has 1 aliphatic rings. The fourth-order valence-corrected chi connectivity index (χ4v) is 2.49. The van der Waals surface area contributed by atoms with Crippen LogP contribution in [0.5, 0.6) is 0 Å². The Morgan fingerprint density at radius 1 is 1.52 bits per heavy atom. The lowest BCUT2D eigenvalue weighted by molar-refractivity contribution is -0.384. The molecule has 1 fully saturated rings. The maximum absolute atomic E-state index is 10.8. The summed E-state index contributed by atoms with van der Waals surface area (Å²) in [6.07, 6.45) is 0. The highest BCUT2D eigenvalue weighted by Gasteiger charge is 2.21. The number of nitrogens with one attached hydrogen (secondary N) is 1. The van der Waals surface area contributed by atoms with Gasteiger partial charge in [-0.05, 0) is 6.92 Å². The lowest BCUT2D eigenvalue weighted by Crippen LogP contribution is -2.49. The first-order valence-corrected chi connectivity index (χ1v) is 7.15. The molecule has 9 heteroatoms. The van der Waals surface area contributed by atoms with E-state index in [1.807, 2.05) is 0 Å². The number of nitro benzene ring substituents is 1. The van der Waals surface area contributed by atoms with Crippen LogP contribution in [0.25, 0.3) is 11.4 Å². The summed E-state index contributed by atoms with van der Waals surface area (Å²) in [5.41, 5.74) is 0.595. The largest absolute Gasteiger partial charge is 0.338 e. The summed E-state index contributed by atoms with van der Waals surface area (Å²) in [6, 6.07) is 6.63. The SMILES string of the molecule is C[C@H]1CNCCN1Cc1nc(-c2cccc([N+](=O)[O-])c2)no1.Cl. The molecule has 1 saturated heterocycles. The van der Waals surface area contributed by atoms with E-state index in [-0.39, 0.29) is 18.1 Å². The number of halogens is 1. The molecule has 1 aromatic carbocycles. The maximum Gasteiger partial charge on any atom is 0.270 e. The molecule has 0 spiro atoms. The fourth-order valence-electron chi connectivity index (χ4n) is 2.49. The number of benzene rings is 1. The van der Waals surface area contributed by atoms with Gasteiger partial charge in [0.25, 0.3) is 5.69 Å². The molecule has 0 saturated carbocycles. The molecule has 1 aromatic heterocycles. The minimum Gasteiger partial charge on any atom is -0.338 e. The molecular formula is C14H18ClN5O3. The lowest BCUT2D eigenvalue weighted by atomic mass is 10.2. The van der Waals surface area contributed by atoms with Gasteiger partial charge in [-0.25, -0.2) is 0 Å². The van der Waals surface area contributed by atoms with Gasteiger partial charge >= 0.3 is 0 Å². The summed E-state index contributed by atoms with van der Waals surface area (Å²) in [7, 11) is 0. The first kappa shape index (κ1) is 17.3. The van der Waals surface area contributed by atoms with Gasteiger partial charge in [-0.15, -0.1) is 12.4 Å². The van der Waals surface area contributed by atoms with Crippen LogP contribution in [0.1, 0.15) is 12.8 Å². The zero-order valence-corrected chi connectivity index (χ0v) is 13.5. The Kier molecular flexibility index (Phi) is 5.64. The Morgan fingerprint density at radius 3 is 3.09 bits per heavy atom. The van der Waals surface area contributed by atoms with Crippen molar-refractivity contribution in [1.29, 1.82) is 0 Å². The normalized spacial score (nSPS) is 18.4. The number of non-ortho nitro benzene ring substituents is 1. The molecule has 2 heterocycles. The van der Waals surface area contributed by atoms with Gasteiger partial charge in [-0.2, -0.15) is 4.98 Å². The second-order valence-electron chi connectivity index (χ2n) is 5.34. The van der Waals surface area contributed by atoms with Gasteiger partial charge in [0.15, 0.2) is 0 Å². The van der Waals surface area contributed by atoms with E-state index in [0.717, 1.165) is 19.6 Å². The van der Waals surface area contributed by atoms with Crippen LogP contribution in [0, 0.1) is 10.1 Å². The number of hydrogen-bond donors (Lipinski definition) is 1. The molecule has 1 atom stereocenters. The van der Waals surface area contributed by atoms with Crippen LogP contribution >= 0.6 is 12.4 Å². The maximum atomic E-state index is 10.8. The Morgan fingerprint density at radius 2 is 2.35 bits per heavy atom. The minimum atomic E-state index is -0.438. The first-order chi connectivity index (χ1) is 10.6. The molecule has 0 radical (unpaired) electrons. The van der Waals surface area contributed by atoms with Crippen LogP contribution in [-0.4, -0.2) is 45.6 Å². The topological polar surface area (TPSA) is 97.3 Å². The predicted molar refractivity (Wildman–Crippen MR) is 86.4 cm³/mol. The van der Waals surface area contributed by atoms with Crippen LogP contribution in [0.2, 0.25) is 0 Å². The van der Waals surface area contributed by atoms with E-state index >= 15 is 0 Å². The van der Waals surface area contributed by atoms with Gasteiger partial charge in [0.1, 0.15) is 0 Å². The summed E-state index contributed by atoms with van der Waals surface area (Å²) in [5, 5.41) is 18.1. The van der Waals surface area contributed by atoms with Crippen molar-refractivity contribution in [2.24, 2.45) is 0 Å². The first-order valence-electron chi connectivity index (χ1n) is 7.15. The van der Waals surface area contributed by atoms with Crippen LogP contribution in [0.3, 0.4) is 0 Å². The summed E-state index contributed by atoms with van der Waals surface area (Å²) in [5.74, 6) is 0.900. The van der Waals surface area contributed by atoms with E-state index in [4.69, 9.17) is 4.52 Å². The number of rotatable bonds is 4. The van der Waals surface area contributed by atoms with E-state index < -0.39 is 4.92 Å². The second kappa shape index (κ2) is 7.49. The summed E-state index contributed by atoms with van der Waals surface area (Å²) >= 11 is 0. The molecule has 8 nitrogen and oxygen atoms in total. The van der Waals surface area contributed by atoms with Gasteiger partial charge in [-0.1, -0.05) is 17.3 Å². The molecule has 1 aliphatic heterocycles. The Bertz CT molecular complexity index is 678. The third-order valence-corrected chi connectivity index (χ3v) is 3.76. The highest BCUT2D eigenvalue weighted by Crippen LogP contribution is 2.21. The highest BCUT2D eigenvalue weighted by atomic mass is 35.5. The van der Waals surface area contributed by atoms with Crippen LogP contribution in [0.4, 0.5) is 5.69 Å². The van der Waals surface area contributed by atoms with Crippen LogP contribution in [-0.2, 0) is 6.54 Å². The number of aromatic nitrogens is 2. The van der Waals surface area contributed by atoms with Crippen molar-refractivity contribution in [1.82, 2.24) is 20.4 Å². The van der Waals surface area contributed by atoms with Crippen molar-refractivity contribution in [3.63, 3.8) is 0 Å². The van der Waals surface area contributed by atoms with E-state index in [2.05, 4.69) is 27.3 Å². The molecule has 1 N–H and O–H groups in total. The van der Waals surface area contributed by atoms with E-state index in [9.17, 15) is 10.1 Å². The second-order valence-corrected chi connectivity index (χ2v) is 5.34. The number of nitro groups is 1. The molecule has 3 rings (SSSR count). The Hall–Kier alpha value is -2.03. The van der Waals surface area contributed by atoms with Crippen molar-refractivity contribution >= 4 is 18.1 Å². The molecule has 0 aliphatic carbocycles. The average Bonchev–Trinajstić information content (AvgIpc) is 2.98. The Balaban J connectivity index is 0.00000192. The highest BCUT2D eigenvalue weighted by molar-refractivity contribution is 5.85. The van der Waals surface area contributed by atoms with Gasteiger partial charge in [-0.3, -0.25) is 15.0 Å². The van der Waals surface area contributed by atoms with E-state index in [1.165, 1.54) is 12.1 Å². The molecule has 0 amide bonds. The van der Waals surface area contributed by atoms with Crippen molar-refractivity contribution in [3.05, 3.63) is 40.3 Å². The number of hydrogen-bond acceptors (Lipinski definition) is 7. The predicted octanol–water partition coefficient (Wildman–Crippen LogP) is 1.86. The molecule has 124 valence electrons. The number of piperazine rings is 1. The molecular weight excluding hydrogens is 322 g/mol. The summed E-state index contributed by atoms with van der Waals surface area (Å²) in [6.45, 7) is 5.53. The molecule has 0 unspecified atom stereocenters. The lowest BCUT2D eigenvalue weighted by Gasteiger charge is -2.32. The van der Waals surface area contributed by atoms with Crippen LogP contribution in [0.15, 0.2) is 28.8 Å². The van der Waals surface area contributed by atoms with E-state index in [1.54, 1.807) is 12.1 Å². The van der Waals surface area contributed by atoms with Crippen molar-refractivity contribution in [3.8, 4) is 11.4 Å². The van der Waals surface area contributed by atoms with Crippen molar-refractivity contribution in [2.45, 2.75) is 19.5 Å². The van der Waals surface area contributed by atoms with E-state index in [0.29, 0.717) is 29.9 Å². The smallest absolute Gasteiger partial charge is 0.270 e. The molecule has 23 heavy (non-hydrogen) atoms. The zero-order valence-electron chi connectivity index (χ0n) is 12.6. The summed E-state index contributed by atoms with van der Waals surface area (Å²) in [4.78, 5) is 17.0. The summed E-state index contributed by atoms with van der Waals surface area (Å²) < 4.78 is 5.28. The third-order valence-electron chi connectivity index (χ3n) is 3.76. The Labute approximate surface area is 139 Å². The zero-order chi connectivity index (χ0) is 15.5. The van der Waals surface area contributed by atoms with Crippen LogP contribution < -0.4 is 5.32 Å². The van der Waals surface area contributed by atoms with Gasteiger partial charge < -0.3 is 9.84 Å². The standard InChI is InChI=1S/C14H17N5O3.ClH/c1-10-8-15-5-6-18(10)9-13-16-14(17-22-13)11-3-2-4-12(7-11)19(20)21;/h2-4,7,10,15H,5-6,8-9H2,1H3;1H/t10-;/m0./s1. The van der Waals surface area contributed by atoms with Gasteiger partial charge in [0, 0.05) is 43.4 Å². The molecule has 2 aromatic rings. The van der Waals surface area contributed by atoms with Crippen molar-refractivity contribution in [2.75, 3.05) is 19.6 Å². The number of nitrogens with zero attached hydrogens (tertiary/aromatic N) is 4. The third kappa shape index (κ3) is 4.04. The van der Waals surface area contributed by atoms with Gasteiger partial charge in [0.05, 0.1) is 11.5 Å². The minimum absolute atomic E-state index is 0.